The summed E-state index contributed by atoms with van der Waals surface area (Å²) in [7, 11) is 1.78. The number of piperazine rings is 1. The van der Waals surface area contributed by atoms with Crippen LogP contribution < -0.4 is 5.32 Å². The molecule has 0 aromatic heterocycles. The van der Waals surface area contributed by atoms with Crippen molar-refractivity contribution >= 4 is 0 Å². The summed E-state index contributed by atoms with van der Waals surface area (Å²) in [5.41, 5.74) is 0. The highest BCUT2D eigenvalue weighted by atomic mass is 16.5. The van der Waals surface area contributed by atoms with Crippen molar-refractivity contribution in [3.63, 3.8) is 0 Å². The Balaban J connectivity index is 2.23. The summed E-state index contributed by atoms with van der Waals surface area (Å²) in [5.74, 6) is 0.798. The summed E-state index contributed by atoms with van der Waals surface area (Å²) in [6.45, 7) is 10.3. The molecule has 1 aliphatic heterocycles. The Morgan fingerprint density at radius 3 is 2.88 bits per heavy atom. The van der Waals surface area contributed by atoms with Gasteiger partial charge in [-0.1, -0.05) is 13.8 Å². The lowest BCUT2D eigenvalue weighted by Gasteiger charge is -2.37. The monoisotopic (exact) mass is 228 g/mol. The van der Waals surface area contributed by atoms with Gasteiger partial charge in [0.25, 0.3) is 0 Å². The van der Waals surface area contributed by atoms with Gasteiger partial charge in [-0.15, -0.1) is 0 Å². The Hall–Kier alpha value is -0.120. The van der Waals surface area contributed by atoms with Crippen molar-refractivity contribution in [2.45, 2.75) is 39.2 Å². The first-order valence-electron chi connectivity index (χ1n) is 6.67. The highest BCUT2D eigenvalue weighted by Crippen LogP contribution is 2.14. The molecule has 16 heavy (non-hydrogen) atoms. The van der Waals surface area contributed by atoms with Gasteiger partial charge in [0.15, 0.2) is 0 Å². The Kier molecular flexibility index (Phi) is 7.01. The van der Waals surface area contributed by atoms with Crippen LogP contribution in [0.4, 0.5) is 0 Å². The van der Waals surface area contributed by atoms with E-state index >= 15 is 0 Å². The maximum absolute atomic E-state index is 5.09. The molecule has 96 valence electrons. The lowest BCUT2D eigenvalue weighted by Crippen LogP contribution is -2.51. The number of rotatable bonds is 7. The fourth-order valence-corrected chi connectivity index (χ4v) is 2.44. The van der Waals surface area contributed by atoms with Crippen molar-refractivity contribution < 1.29 is 4.74 Å². The lowest BCUT2D eigenvalue weighted by molar-refractivity contribution is 0.131. The number of hydrogen-bond acceptors (Lipinski definition) is 3. The van der Waals surface area contributed by atoms with Crippen molar-refractivity contribution in [3.8, 4) is 0 Å². The van der Waals surface area contributed by atoms with Gasteiger partial charge in [-0.3, -0.25) is 4.90 Å². The van der Waals surface area contributed by atoms with Crippen LogP contribution in [0.2, 0.25) is 0 Å². The van der Waals surface area contributed by atoms with Crippen LogP contribution in [0.3, 0.4) is 0 Å². The number of nitrogens with one attached hydrogen (secondary N) is 1. The number of unbranched alkanes of at least 4 members (excludes halogenated alkanes) is 1. The number of nitrogens with zero attached hydrogens (tertiary/aromatic N) is 1. The normalized spacial score (nSPS) is 22.9. The molecule has 0 aromatic carbocycles. The Morgan fingerprint density at radius 2 is 2.19 bits per heavy atom. The van der Waals surface area contributed by atoms with E-state index in [1.165, 1.54) is 38.9 Å². The van der Waals surface area contributed by atoms with Crippen LogP contribution in [0.25, 0.3) is 0 Å². The van der Waals surface area contributed by atoms with E-state index in [2.05, 4.69) is 24.1 Å². The second kappa shape index (κ2) is 8.04. The molecule has 0 aliphatic carbocycles. The first-order valence-corrected chi connectivity index (χ1v) is 6.67. The SMILES string of the molecule is COCCCCN1CCNCC1CC(C)C. The van der Waals surface area contributed by atoms with Crippen LogP contribution in [0, 0.1) is 5.92 Å². The minimum atomic E-state index is 0.747. The summed E-state index contributed by atoms with van der Waals surface area (Å²) < 4.78 is 5.09. The van der Waals surface area contributed by atoms with E-state index in [0.717, 1.165) is 25.1 Å². The van der Waals surface area contributed by atoms with Crippen molar-refractivity contribution in [3.05, 3.63) is 0 Å². The quantitative estimate of drug-likeness (QED) is 0.672. The second-order valence-corrected chi connectivity index (χ2v) is 5.22. The van der Waals surface area contributed by atoms with Gasteiger partial charge in [-0.25, -0.2) is 0 Å². The second-order valence-electron chi connectivity index (χ2n) is 5.22. The average molecular weight is 228 g/mol. The third kappa shape index (κ3) is 5.28. The molecule has 0 spiro atoms. The molecule has 0 amide bonds. The Labute approximate surface area is 101 Å². The van der Waals surface area contributed by atoms with E-state index in [4.69, 9.17) is 4.74 Å². The van der Waals surface area contributed by atoms with E-state index < -0.39 is 0 Å². The van der Waals surface area contributed by atoms with Crippen molar-refractivity contribution in [2.75, 3.05) is 39.9 Å². The third-order valence-electron chi connectivity index (χ3n) is 3.26. The van der Waals surface area contributed by atoms with Crippen LogP contribution in [0.15, 0.2) is 0 Å². The van der Waals surface area contributed by atoms with Crippen LogP contribution in [-0.4, -0.2) is 50.8 Å². The highest BCUT2D eigenvalue weighted by molar-refractivity contribution is 4.80. The first kappa shape index (κ1) is 13.9. The van der Waals surface area contributed by atoms with E-state index in [1.54, 1.807) is 7.11 Å². The van der Waals surface area contributed by atoms with Gasteiger partial charge < -0.3 is 10.1 Å². The van der Waals surface area contributed by atoms with Crippen LogP contribution in [0.1, 0.15) is 33.1 Å². The molecular formula is C13H28N2O. The summed E-state index contributed by atoms with van der Waals surface area (Å²) >= 11 is 0. The molecule has 1 heterocycles. The van der Waals surface area contributed by atoms with Crippen LogP contribution in [-0.2, 0) is 4.74 Å². The predicted octanol–water partition coefficient (Wildman–Crippen LogP) is 1.73. The molecule has 0 aromatic rings. The zero-order chi connectivity index (χ0) is 11.8. The molecule has 0 bridgehead atoms. The number of methoxy groups -OCH3 is 1. The summed E-state index contributed by atoms with van der Waals surface area (Å²) in [5, 5.41) is 3.51. The summed E-state index contributed by atoms with van der Waals surface area (Å²) in [6, 6.07) is 0.747. The minimum absolute atomic E-state index is 0.747. The number of ether oxygens (including phenoxy) is 1. The fourth-order valence-electron chi connectivity index (χ4n) is 2.44. The molecule has 0 saturated carbocycles. The molecule has 3 heteroatoms. The van der Waals surface area contributed by atoms with Gasteiger partial charge in [0.1, 0.15) is 0 Å². The molecule has 1 atom stereocenters. The maximum atomic E-state index is 5.09. The largest absolute Gasteiger partial charge is 0.385 e. The standard InChI is InChI=1S/C13H28N2O/c1-12(2)10-13-11-14-6-8-15(13)7-4-5-9-16-3/h12-14H,4-11H2,1-3H3. The topological polar surface area (TPSA) is 24.5 Å². The van der Waals surface area contributed by atoms with Gasteiger partial charge in [0.05, 0.1) is 0 Å². The van der Waals surface area contributed by atoms with Crippen LogP contribution >= 0.6 is 0 Å². The van der Waals surface area contributed by atoms with Gasteiger partial charge in [0, 0.05) is 39.4 Å². The molecule has 1 aliphatic rings. The van der Waals surface area contributed by atoms with Crippen molar-refractivity contribution in [2.24, 2.45) is 5.92 Å². The van der Waals surface area contributed by atoms with Gasteiger partial charge in [-0.05, 0) is 31.7 Å². The van der Waals surface area contributed by atoms with E-state index in [1.807, 2.05) is 0 Å². The highest BCUT2D eigenvalue weighted by Gasteiger charge is 2.21. The zero-order valence-electron chi connectivity index (χ0n) is 11.2. The van der Waals surface area contributed by atoms with Crippen molar-refractivity contribution in [1.82, 2.24) is 10.2 Å². The van der Waals surface area contributed by atoms with E-state index in [9.17, 15) is 0 Å². The molecule has 1 N–H and O–H groups in total. The average Bonchev–Trinajstić information content (AvgIpc) is 2.26. The van der Waals surface area contributed by atoms with Gasteiger partial charge >= 0.3 is 0 Å². The first-order chi connectivity index (χ1) is 7.74. The smallest absolute Gasteiger partial charge is 0.0462 e. The summed E-state index contributed by atoms with van der Waals surface area (Å²) in [4.78, 5) is 2.66. The molecule has 1 saturated heterocycles. The molecule has 1 rings (SSSR count). The maximum Gasteiger partial charge on any atom is 0.0462 e. The predicted molar refractivity (Wildman–Crippen MR) is 68.8 cm³/mol. The van der Waals surface area contributed by atoms with Crippen molar-refractivity contribution in [1.29, 1.82) is 0 Å². The molecular weight excluding hydrogens is 200 g/mol. The third-order valence-corrected chi connectivity index (χ3v) is 3.26. The van der Waals surface area contributed by atoms with Gasteiger partial charge in [-0.2, -0.15) is 0 Å². The summed E-state index contributed by atoms with van der Waals surface area (Å²) in [6.07, 6.45) is 3.77. The molecule has 1 unspecified atom stereocenters. The Bertz CT molecular complexity index is 173. The number of hydrogen-bond donors (Lipinski definition) is 1. The zero-order valence-corrected chi connectivity index (χ0v) is 11.2. The molecule has 0 radical (unpaired) electrons. The lowest BCUT2D eigenvalue weighted by atomic mass is 10.0. The molecule has 1 fully saturated rings. The molecule has 3 nitrogen and oxygen atoms in total. The Morgan fingerprint density at radius 1 is 1.38 bits per heavy atom. The van der Waals surface area contributed by atoms with E-state index in [0.29, 0.717) is 0 Å². The fraction of sp³-hybridized carbons (Fsp3) is 1.00. The van der Waals surface area contributed by atoms with Crippen LogP contribution in [0.5, 0.6) is 0 Å². The minimum Gasteiger partial charge on any atom is -0.385 e. The van der Waals surface area contributed by atoms with E-state index in [-0.39, 0.29) is 0 Å². The van der Waals surface area contributed by atoms with Gasteiger partial charge in [0.2, 0.25) is 0 Å².